The Morgan fingerprint density at radius 2 is 2.06 bits per heavy atom. The van der Waals surface area contributed by atoms with E-state index in [9.17, 15) is 14.9 Å². The molecule has 0 aliphatic carbocycles. The number of benzene rings is 1. The van der Waals surface area contributed by atoms with Crippen LogP contribution in [-0.4, -0.2) is 29.3 Å². The van der Waals surface area contributed by atoms with E-state index in [-0.39, 0.29) is 18.9 Å². The molecule has 86 valence electrons. The average molecular weight is 226 g/mol. The molecule has 0 atom stereocenters. The lowest BCUT2D eigenvalue weighted by atomic mass is 10.3. The zero-order chi connectivity index (χ0) is 12.0. The van der Waals surface area contributed by atoms with E-state index in [1.54, 1.807) is 0 Å². The number of hydrogen-bond acceptors (Lipinski definition) is 5. The average Bonchev–Trinajstić information content (AvgIpc) is 2.27. The molecule has 0 bridgehead atoms. The van der Waals surface area contributed by atoms with E-state index >= 15 is 0 Å². The second kappa shape index (κ2) is 5.66. The molecule has 0 spiro atoms. The van der Waals surface area contributed by atoms with E-state index in [0.717, 1.165) is 0 Å². The van der Waals surface area contributed by atoms with Gasteiger partial charge in [-0.05, 0) is 12.1 Å². The Bertz CT molecular complexity index is 376. The van der Waals surface area contributed by atoms with Gasteiger partial charge in [0.15, 0.2) is 0 Å². The summed E-state index contributed by atoms with van der Waals surface area (Å²) < 4.78 is 4.54. The van der Waals surface area contributed by atoms with Crippen LogP contribution in [-0.2, 0) is 4.74 Å². The van der Waals surface area contributed by atoms with Gasteiger partial charge in [0, 0.05) is 17.8 Å². The van der Waals surface area contributed by atoms with Crippen molar-refractivity contribution < 1.29 is 19.6 Å². The molecular formula is C9H10N2O5. The Hall–Kier alpha value is -2.15. The van der Waals surface area contributed by atoms with Gasteiger partial charge in [-0.25, -0.2) is 4.79 Å². The third kappa shape index (κ3) is 3.54. The smallest absolute Gasteiger partial charge is 0.411 e. The summed E-state index contributed by atoms with van der Waals surface area (Å²) in [5, 5.41) is 21.1. The first kappa shape index (κ1) is 11.9. The number of ether oxygens (including phenoxy) is 1. The molecule has 1 aromatic carbocycles. The summed E-state index contributed by atoms with van der Waals surface area (Å²) in [6.45, 7) is -0.355. The van der Waals surface area contributed by atoms with Crippen molar-refractivity contribution in [2.75, 3.05) is 18.5 Å². The number of anilines is 1. The minimum absolute atomic E-state index is 0.0609. The number of nitro benzene ring substituents is 1. The first-order chi connectivity index (χ1) is 7.63. The molecule has 0 aliphatic rings. The van der Waals surface area contributed by atoms with Crippen LogP contribution in [0.1, 0.15) is 0 Å². The Kier molecular flexibility index (Phi) is 4.22. The van der Waals surface area contributed by atoms with Crippen molar-refractivity contribution in [1.29, 1.82) is 0 Å². The van der Waals surface area contributed by atoms with Gasteiger partial charge in [-0.1, -0.05) is 0 Å². The summed E-state index contributed by atoms with van der Waals surface area (Å²) in [5.41, 5.74) is 0.322. The molecule has 1 amide bonds. The van der Waals surface area contributed by atoms with E-state index in [4.69, 9.17) is 5.11 Å². The predicted molar refractivity (Wildman–Crippen MR) is 55.2 cm³/mol. The molecule has 0 unspecified atom stereocenters. The lowest BCUT2D eigenvalue weighted by Gasteiger charge is -2.04. The maximum atomic E-state index is 11.0. The number of aliphatic hydroxyl groups excluding tert-OH is 1. The van der Waals surface area contributed by atoms with Crippen LogP contribution in [0, 0.1) is 10.1 Å². The SMILES string of the molecule is O=C(Nc1ccc([N+](=O)[O-])cc1)OCCO. The van der Waals surface area contributed by atoms with Crippen LogP contribution in [0.2, 0.25) is 0 Å². The highest BCUT2D eigenvalue weighted by Crippen LogP contribution is 2.15. The third-order valence-corrected chi connectivity index (χ3v) is 1.65. The molecule has 0 radical (unpaired) electrons. The van der Waals surface area contributed by atoms with Gasteiger partial charge in [0.1, 0.15) is 6.61 Å². The largest absolute Gasteiger partial charge is 0.447 e. The van der Waals surface area contributed by atoms with E-state index in [1.807, 2.05) is 0 Å². The summed E-state index contributed by atoms with van der Waals surface area (Å²) in [6, 6.07) is 5.31. The molecule has 0 saturated heterocycles. The Labute approximate surface area is 90.8 Å². The van der Waals surface area contributed by atoms with E-state index in [0.29, 0.717) is 5.69 Å². The molecule has 0 heterocycles. The number of nitro groups is 1. The first-order valence-electron chi connectivity index (χ1n) is 4.42. The van der Waals surface area contributed by atoms with Crippen LogP contribution in [0.3, 0.4) is 0 Å². The number of carbonyl (C=O) groups is 1. The van der Waals surface area contributed by atoms with Gasteiger partial charge in [-0.2, -0.15) is 0 Å². The molecule has 2 N–H and O–H groups in total. The quantitative estimate of drug-likeness (QED) is 0.592. The molecule has 0 saturated carbocycles. The molecule has 1 aromatic rings. The highest BCUT2D eigenvalue weighted by atomic mass is 16.6. The third-order valence-electron chi connectivity index (χ3n) is 1.65. The molecule has 7 heteroatoms. The molecule has 0 aromatic heterocycles. The van der Waals surface area contributed by atoms with Gasteiger partial charge in [0.25, 0.3) is 5.69 Å². The highest BCUT2D eigenvalue weighted by molar-refractivity contribution is 5.84. The molecule has 0 fully saturated rings. The zero-order valence-electron chi connectivity index (χ0n) is 8.25. The molecule has 16 heavy (non-hydrogen) atoms. The van der Waals surface area contributed by atoms with Crippen LogP contribution < -0.4 is 5.32 Å². The second-order valence-electron chi connectivity index (χ2n) is 2.79. The summed E-state index contributed by atoms with van der Waals surface area (Å²) >= 11 is 0. The summed E-state index contributed by atoms with van der Waals surface area (Å²) in [7, 11) is 0. The van der Waals surface area contributed by atoms with Crippen molar-refractivity contribution >= 4 is 17.5 Å². The van der Waals surface area contributed by atoms with Crippen molar-refractivity contribution in [2.45, 2.75) is 0 Å². The molecular weight excluding hydrogens is 216 g/mol. The van der Waals surface area contributed by atoms with Crippen molar-refractivity contribution in [3.63, 3.8) is 0 Å². The number of nitrogens with one attached hydrogen (secondary N) is 1. The van der Waals surface area contributed by atoms with Crippen LogP contribution >= 0.6 is 0 Å². The predicted octanol–water partition coefficient (Wildman–Crippen LogP) is 1.14. The fourth-order valence-corrected chi connectivity index (χ4v) is 0.959. The zero-order valence-corrected chi connectivity index (χ0v) is 8.25. The van der Waals surface area contributed by atoms with Gasteiger partial charge in [-0.3, -0.25) is 15.4 Å². The summed E-state index contributed by atoms with van der Waals surface area (Å²) in [5.74, 6) is 0. The van der Waals surface area contributed by atoms with Crippen molar-refractivity contribution in [1.82, 2.24) is 0 Å². The number of non-ortho nitro benzene ring substituents is 1. The van der Waals surface area contributed by atoms with Crippen molar-refractivity contribution in [3.05, 3.63) is 34.4 Å². The number of nitrogens with zero attached hydrogens (tertiary/aromatic N) is 1. The van der Waals surface area contributed by atoms with Gasteiger partial charge < -0.3 is 9.84 Å². The van der Waals surface area contributed by atoms with Gasteiger partial charge in [-0.15, -0.1) is 0 Å². The Morgan fingerprint density at radius 3 is 2.56 bits per heavy atom. The van der Waals surface area contributed by atoms with Gasteiger partial charge in [0.05, 0.1) is 11.5 Å². The number of aliphatic hydroxyl groups is 1. The maximum absolute atomic E-state index is 11.0. The fourth-order valence-electron chi connectivity index (χ4n) is 0.959. The number of amides is 1. The number of hydrogen-bond donors (Lipinski definition) is 2. The number of rotatable bonds is 4. The minimum atomic E-state index is -0.720. The van der Waals surface area contributed by atoms with E-state index < -0.39 is 11.0 Å². The fraction of sp³-hybridized carbons (Fsp3) is 0.222. The van der Waals surface area contributed by atoms with Crippen LogP contribution in [0.5, 0.6) is 0 Å². The standard InChI is InChI=1S/C9H10N2O5/c12-5-6-16-9(13)10-7-1-3-8(4-2-7)11(14)15/h1-4,12H,5-6H2,(H,10,13). The summed E-state index contributed by atoms with van der Waals surface area (Å²) in [4.78, 5) is 20.8. The summed E-state index contributed by atoms with van der Waals surface area (Å²) in [6.07, 6.45) is -0.720. The molecule has 1 rings (SSSR count). The normalized spacial score (nSPS) is 9.56. The van der Waals surface area contributed by atoms with Crippen molar-refractivity contribution in [3.8, 4) is 0 Å². The van der Waals surface area contributed by atoms with Gasteiger partial charge >= 0.3 is 6.09 Å². The van der Waals surface area contributed by atoms with Gasteiger partial charge in [0.2, 0.25) is 0 Å². The molecule has 0 aliphatic heterocycles. The Morgan fingerprint density at radius 1 is 1.44 bits per heavy atom. The Balaban J connectivity index is 2.55. The van der Waals surface area contributed by atoms with Crippen LogP contribution in [0.4, 0.5) is 16.2 Å². The lowest BCUT2D eigenvalue weighted by Crippen LogP contribution is -2.15. The van der Waals surface area contributed by atoms with Crippen LogP contribution in [0.25, 0.3) is 0 Å². The first-order valence-corrected chi connectivity index (χ1v) is 4.42. The topological polar surface area (TPSA) is 102 Å². The maximum Gasteiger partial charge on any atom is 0.411 e. The van der Waals surface area contributed by atoms with Crippen LogP contribution in [0.15, 0.2) is 24.3 Å². The monoisotopic (exact) mass is 226 g/mol. The number of carbonyl (C=O) groups excluding carboxylic acids is 1. The van der Waals surface area contributed by atoms with Crippen molar-refractivity contribution in [2.24, 2.45) is 0 Å². The van der Waals surface area contributed by atoms with E-state index in [2.05, 4.69) is 10.1 Å². The second-order valence-corrected chi connectivity index (χ2v) is 2.79. The van der Waals surface area contributed by atoms with E-state index in [1.165, 1.54) is 24.3 Å². The minimum Gasteiger partial charge on any atom is -0.447 e. The lowest BCUT2D eigenvalue weighted by molar-refractivity contribution is -0.384. The highest BCUT2D eigenvalue weighted by Gasteiger charge is 2.06. The molecule has 7 nitrogen and oxygen atoms in total.